The molecule has 1 aromatic rings. The number of nitrogens with zero attached hydrogens (tertiary/aromatic N) is 1. The Morgan fingerprint density at radius 1 is 1.48 bits per heavy atom. The van der Waals surface area contributed by atoms with Gasteiger partial charge in [-0.15, -0.1) is 11.8 Å². The number of fused-ring (bicyclic) bond motifs is 1. The smallest absolute Gasteiger partial charge is 0.253 e. The Labute approximate surface area is 146 Å². The number of anilines is 1. The summed E-state index contributed by atoms with van der Waals surface area (Å²) in [7, 11) is 0. The number of ether oxygens (including phenoxy) is 2. The Morgan fingerprint density at radius 2 is 2.35 bits per heavy atom. The third kappa shape index (κ3) is 4.41. The number of rotatable bonds is 4. The Hall–Kier alpha value is -0.750. The van der Waals surface area contributed by atoms with E-state index < -0.39 is 0 Å². The molecule has 1 saturated heterocycles. The molecule has 4 nitrogen and oxygen atoms in total. The van der Waals surface area contributed by atoms with Crippen LogP contribution in [0.1, 0.15) is 26.2 Å². The Balaban J connectivity index is 1.65. The zero-order chi connectivity index (χ0) is 16.2. The molecule has 126 valence electrons. The van der Waals surface area contributed by atoms with E-state index in [0.717, 1.165) is 36.5 Å². The van der Waals surface area contributed by atoms with Crippen molar-refractivity contribution in [2.75, 3.05) is 31.3 Å². The predicted octanol–water partition coefficient (Wildman–Crippen LogP) is 3.75. The van der Waals surface area contributed by atoms with Crippen molar-refractivity contribution in [1.82, 2.24) is 0 Å². The van der Waals surface area contributed by atoms with E-state index in [0.29, 0.717) is 23.4 Å². The minimum atomic E-state index is -0.0128. The van der Waals surface area contributed by atoms with E-state index in [1.54, 1.807) is 11.8 Å². The van der Waals surface area contributed by atoms with Gasteiger partial charge in [0.15, 0.2) is 0 Å². The van der Waals surface area contributed by atoms with Crippen LogP contribution in [0.3, 0.4) is 0 Å². The topological polar surface area (TPSA) is 38.8 Å². The third-order valence-electron chi connectivity index (χ3n) is 4.15. The van der Waals surface area contributed by atoms with Gasteiger partial charge in [-0.1, -0.05) is 18.5 Å². The van der Waals surface area contributed by atoms with Gasteiger partial charge in [0.05, 0.1) is 18.4 Å². The molecule has 6 heteroatoms. The summed E-state index contributed by atoms with van der Waals surface area (Å²) in [4.78, 5) is 15.5. The second-order valence-electron chi connectivity index (χ2n) is 6.02. The molecule has 1 amide bonds. The Bertz CT molecular complexity index is 563. The first-order valence-corrected chi connectivity index (χ1v) is 9.35. The maximum absolute atomic E-state index is 12.6. The molecular formula is C17H22ClNO3S. The fraction of sp³-hybridized carbons (Fsp3) is 0.588. The van der Waals surface area contributed by atoms with Gasteiger partial charge in [-0.2, -0.15) is 0 Å². The molecule has 0 N–H and O–H groups in total. The van der Waals surface area contributed by atoms with Crippen LogP contribution in [0.5, 0.6) is 0 Å². The molecule has 0 spiro atoms. The highest BCUT2D eigenvalue weighted by Gasteiger charge is 2.25. The molecule has 0 saturated carbocycles. The minimum Gasteiger partial charge on any atom is -0.376 e. The van der Waals surface area contributed by atoms with E-state index in [-0.39, 0.29) is 18.6 Å². The van der Waals surface area contributed by atoms with E-state index >= 15 is 0 Å². The lowest BCUT2D eigenvalue weighted by Crippen LogP contribution is -2.36. The number of amides is 1. The second-order valence-corrected chi connectivity index (χ2v) is 7.94. The van der Waals surface area contributed by atoms with Crippen LogP contribution in [0.25, 0.3) is 0 Å². The number of halogens is 1. The van der Waals surface area contributed by atoms with E-state index in [1.165, 1.54) is 0 Å². The van der Waals surface area contributed by atoms with Gasteiger partial charge in [0.2, 0.25) is 0 Å². The lowest BCUT2D eigenvalue weighted by Gasteiger charge is -2.23. The van der Waals surface area contributed by atoms with Gasteiger partial charge >= 0.3 is 0 Å². The summed E-state index contributed by atoms with van der Waals surface area (Å²) >= 11 is 7.93. The first kappa shape index (κ1) is 17.1. The van der Waals surface area contributed by atoms with Crippen LogP contribution in [0, 0.1) is 0 Å². The number of hydrogen-bond donors (Lipinski definition) is 0. The number of carbonyl (C=O) groups is 1. The SMILES string of the molecule is CC1CCN(C(=O)COCC2CCCO2)c2cc(Cl)ccc2S1. The standard InChI is InChI=1S/C17H22ClNO3S/c1-12-6-7-19(15-9-13(18)4-5-16(15)23-12)17(20)11-21-10-14-3-2-8-22-14/h4-5,9,12,14H,2-3,6-8,10-11H2,1H3. The monoisotopic (exact) mass is 355 g/mol. The van der Waals surface area contributed by atoms with Gasteiger partial charge in [-0.25, -0.2) is 0 Å². The quantitative estimate of drug-likeness (QED) is 0.824. The highest BCUT2D eigenvalue weighted by molar-refractivity contribution is 8.00. The van der Waals surface area contributed by atoms with Crippen LogP contribution in [0.4, 0.5) is 5.69 Å². The summed E-state index contributed by atoms with van der Waals surface area (Å²) in [6, 6.07) is 5.75. The Morgan fingerprint density at radius 3 is 3.13 bits per heavy atom. The predicted molar refractivity (Wildman–Crippen MR) is 93.5 cm³/mol. The highest BCUT2D eigenvalue weighted by Crippen LogP contribution is 2.39. The molecule has 23 heavy (non-hydrogen) atoms. The summed E-state index contributed by atoms with van der Waals surface area (Å²) in [5, 5.41) is 1.12. The normalized spacial score (nSPS) is 24.3. The van der Waals surface area contributed by atoms with Crippen LogP contribution >= 0.6 is 23.4 Å². The van der Waals surface area contributed by atoms with Gasteiger partial charge in [0.25, 0.3) is 5.91 Å². The maximum atomic E-state index is 12.6. The Kier molecular flexibility index (Phi) is 5.85. The summed E-state index contributed by atoms with van der Waals surface area (Å²) in [6.45, 7) is 4.27. The molecule has 3 rings (SSSR count). The number of hydrogen-bond acceptors (Lipinski definition) is 4. The van der Waals surface area contributed by atoms with Crippen molar-refractivity contribution in [3.8, 4) is 0 Å². The first-order valence-electron chi connectivity index (χ1n) is 8.09. The zero-order valence-corrected chi connectivity index (χ0v) is 14.9. The average Bonchev–Trinajstić information content (AvgIpc) is 2.97. The largest absolute Gasteiger partial charge is 0.376 e. The van der Waals surface area contributed by atoms with Crippen molar-refractivity contribution in [3.05, 3.63) is 23.2 Å². The molecule has 0 aromatic heterocycles. The summed E-state index contributed by atoms with van der Waals surface area (Å²) < 4.78 is 11.1. The maximum Gasteiger partial charge on any atom is 0.253 e. The lowest BCUT2D eigenvalue weighted by atomic mass is 10.2. The highest BCUT2D eigenvalue weighted by atomic mass is 35.5. The number of carbonyl (C=O) groups excluding carboxylic acids is 1. The van der Waals surface area contributed by atoms with Crippen LogP contribution in [0.2, 0.25) is 5.02 Å². The number of benzene rings is 1. The molecule has 2 unspecified atom stereocenters. The van der Waals surface area contributed by atoms with E-state index in [2.05, 4.69) is 6.92 Å². The molecule has 2 atom stereocenters. The molecule has 0 aliphatic carbocycles. The van der Waals surface area contributed by atoms with Crippen LogP contribution in [-0.4, -0.2) is 43.6 Å². The van der Waals surface area contributed by atoms with Gasteiger partial charge in [-0.3, -0.25) is 4.79 Å². The lowest BCUT2D eigenvalue weighted by molar-refractivity contribution is -0.124. The van der Waals surface area contributed by atoms with Crippen molar-refractivity contribution in [2.45, 2.75) is 42.4 Å². The number of thioether (sulfide) groups is 1. The van der Waals surface area contributed by atoms with Crippen molar-refractivity contribution >= 4 is 35.0 Å². The van der Waals surface area contributed by atoms with Crippen molar-refractivity contribution < 1.29 is 14.3 Å². The molecule has 2 aliphatic heterocycles. The van der Waals surface area contributed by atoms with E-state index in [1.807, 2.05) is 23.1 Å². The zero-order valence-electron chi connectivity index (χ0n) is 13.3. The molecule has 1 aromatic carbocycles. The fourth-order valence-corrected chi connectivity index (χ4v) is 4.16. The average molecular weight is 356 g/mol. The van der Waals surface area contributed by atoms with Crippen LogP contribution < -0.4 is 4.90 Å². The molecule has 0 radical (unpaired) electrons. The van der Waals surface area contributed by atoms with Gasteiger partial charge in [0, 0.05) is 28.3 Å². The van der Waals surface area contributed by atoms with Gasteiger partial charge in [-0.05, 0) is 37.5 Å². The molecule has 2 aliphatic rings. The van der Waals surface area contributed by atoms with Gasteiger partial charge < -0.3 is 14.4 Å². The molecular weight excluding hydrogens is 334 g/mol. The summed E-state index contributed by atoms with van der Waals surface area (Å²) in [5.41, 5.74) is 0.901. The third-order valence-corrected chi connectivity index (χ3v) is 5.63. The first-order chi connectivity index (χ1) is 11.1. The molecule has 0 bridgehead atoms. The van der Waals surface area contributed by atoms with E-state index in [4.69, 9.17) is 21.1 Å². The van der Waals surface area contributed by atoms with Crippen molar-refractivity contribution in [1.29, 1.82) is 0 Å². The fourth-order valence-electron chi connectivity index (χ4n) is 2.90. The van der Waals surface area contributed by atoms with Gasteiger partial charge in [0.1, 0.15) is 6.61 Å². The van der Waals surface area contributed by atoms with Crippen molar-refractivity contribution in [2.24, 2.45) is 0 Å². The summed E-state index contributed by atoms with van der Waals surface area (Å²) in [5.74, 6) is -0.0128. The second kappa shape index (κ2) is 7.88. The van der Waals surface area contributed by atoms with Crippen molar-refractivity contribution in [3.63, 3.8) is 0 Å². The van der Waals surface area contributed by atoms with E-state index in [9.17, 15) is 4.79 Å². The van der Waals surface area contributed by atoms with Crippen LogP contribution in [0.15, 0.2) is 23.1 Å². The minimum absolute atomic E-state index is 0.0128. The molecule has 1 fully saturated rings. The summed E-state index contributed by atoms with van der Waals surface area (Å²) in [6.07, 6.45) is 3.19. The molecule has 2 heterocycles. The van der Waals surface area contributed by atoms with Crippen LogP contribution in [-0.2, 0) is 14.3 Å².